The second kappa shape index (κ2) is 7.32. The average molecular weight is 260 g/mol. The summed E-state index contributed by atoms with van der Waals surface area (Å²) in [5.74, 6) is 1.71. The summed E-state index contributed by atoms with van der Waals surface area (Å²) in [5.41, 5.74) is 2.53. The minimum absolute atomic E-state index is 0.108. The van der Waals surface area contributed by atoms with Gasteiger partial charge in [0.25, 0.3) is 0 Å². The number of benzene rings is 1. The molecule has 0 fully saturated rings. The molecular formula is C17H26NO. The van der Waals surface area contributed by atoms with Crippen LogP contribution in [0.1, 0.15) is 38.8 Å². The predicted molar refractivity (Wildman–Crippen MR) is 80.8 cm³/mol. The van der Waals surface area contributed by atoms with Crippen molar-refractivity contribution in [2.75, 3.05) is 6.54 Å². The zero-order valence-corrected chi connectivity index (χ0v) is 12.8. The first-order chi connectivity index (χ1) is 8.91. The van der Waals surface area contributed by atoms with Crippen LogP contribution in [0, 0.1) is 24.7 Å². The van der Waals surface area contributed by atoms with Gasteiger partial charge in [0.2, 0.25) is 5.91 Å². The summed E-state index contributed by atoms with van der Waals surface area (Å²) in [7, 11) is 0. The summed E-state index contributed by atoms with van der Waals surface area (Å²) in [5, 5.41) is 3.03. The lowest BCUT2D eigenvalue weighted by atomic mass is 9.85. The molecule has 0 aromatic heterocycles. The van der Waals surface area contributed by atoms with Crippen LogP contribution in [0.15, 0.2) is 24.3 Å². The first-order valence-electron chi connectivity index (χ1n) is 7.12. The molecule has 0 atom stereocenters. The maximum Gasteiger partial charge on any atom is 0.227 e. The van der Waals surface area contributed by atoms with Gasteiger partial charge in [-0.1, -0.05) is 57.5 Å². The summed E-state index contributed by atoms with van der Waals surface area (Å²) < 4.78 is 0. The largest absolute Gasteiger partial charge is 0.355 e. The fraction of sp³-hybridized carbons (Fsp3) is 0.529. The van der Waals surface area contributed by atoms with E-state index in [1.807, 2.05) is 0 Å². The molecule has 0 aliphatic rings. The zero-order valence-electron chi connectivity index (χ0n) is 12.8. The fourth-order valence-corrected chi connectivity index (χ4v) is 2.37. The van der Waals surface area contributed by atoms with Crippen molar-refractivity contribution in [1.29, 1.82) is 0 Å². The van der Waals surface area contributed by atoms with Crippen molar-refractivity contribution in [2.24, 2.45) is 11.8 Å². The van der Waals surface area contributed by atoms with Crippen molar-refractivity contribution < 1.29 is 4.79 Å². The van der Waals surface area contributed by atoms with Gasteiger partial charge in [-0.05, 0) is 30.7 Å². The van der Waals surface area contributed by atoms with E-state index in [1.165, 1.54) is 11.1 Å². The van der Waals surface area contributed by atoms with Gasteiger partial charge in [0.1, 0.15) is 0 Å². The maximum atomic E-state index is 12.1. The van der Waals surface area contributed by atoms with Crippen molar-refractivity contribution in [2.45, 2.75) is 41.0 Å². The van der Waals surface area contributed by atoms with Crippen LogP contribution in [0.3, 0.4) is 0 Å². The van der Waals surface area contributed by atoms with Crippen molar-refractivity contribution in [3.05, 3.63) is 41.3 Å². The quantitative estimate of drug-likeness (QED) is 0.833. The molecule has 1 radical (unpaired) electrons. The molecule has 0 aliphatic carbocycles. The molecule has 19 heavy (non-hydrogen) atoms. The third-order valence-corrected chi connectivity index (χ3v) is 3.33. The molecule has 1 amide bonds. The molecule has 1 aromatic rings. The van der Waals surface area contributed by atoms with Crippen molar-refractivity contribution >= 4 is 5.91 Å². The highest BCUT2D eigenvalue weighted by molar-refractivity contribution is 5.90. The molecule has 1 rings (SSSR count). The zero-order chi connectivity index (χ0) is 14.4. The summed E-state index contributed by atoms with van der Waals surface area (Å²) in [6.45, 7) is 11.1. The van der Waals surface area contributed by atoms with Gasteiger partial charge >= 0.3 is 0 Å². The molecule has 0 unspecified atom stereocenters. The van der Waals surface area contributed by atoms with Gasteiger partial charge in [-0.2, -0.15) is 0 Å². The molecule has 105 valence electrons. The highest BCUT2D eigenvalue weighted by atomic mass is 16.1. The first kappa shape index (κ1) is 15.7. The monoisotopic (exact) mass is 260 g/mol. The van der Waals surface area contributed by atoms with Crippen LogP contribution in [0.25, 0.3) is 0 Å². The third-order valence-electron chi connectivity index (χ3n) is 3.33. The molecule has 0 saturated heterocycles. The Bertz CT molecular complexity index is 384. The van der Waals surface area contributed by atoms with Crippen LogP contribution in [-0.2, 0) is 11.2 Å². The van der Waals surface area contributed by atoms with Crippen LogP contribution >= 0.6 is 0 Å². The lowest BCUT2D eigenvalue weighted by Crippen LogP contribution is -2.35. The van der Waals surface area contributed by atoms with Gasteiger partial charge < -0.3 is 5.32 Å². The molecule has 2 nitrogen and oxygen atoms in total. The van der Waals surface area contributed by atoms with E-state index in [4.69, 9.17) is 0 Å². The minimum atomic E-state index is 0.108. The highest BCUT2D eigenvalue weighted by Crippen LogP contribution is 2.22. The number of carbonyl (C=O) groups excluding carboxylic acids is 1. The van der Waals surface area contributed by atoms with E-state index in [-0.39, 0.29) is 5.91 Å². The standard InChI is InChI=1S/C17H26NO/c1-12(2)16(13(3)4)17(19)18-11-10-15-8-6-14(5)7-9-15/h6-9,12-13H,10-11H2,1-5H3,(H,18,19). The molecule has 0 bridgehead atoms. The van der Waals surface area contributed by atoms with Gasteiger partial charge in [0.15, 0.2) is 0 Å². The van der Waals surface area contributed by atoms with E-state index in [0.29, 0.717) is 18.4 Å². The van der Waals surface area contributed by atoms with Crippen LogP contribution in [0.2, 0.25) is 0 Å². The molecule has 0 spiro atoms. The molecule has 1 aromatic carbocycles. The maximum absolute atomic E-state index is 12.1. The Balaban J connectivity index is 2.43. The number of amides is 1. The van der Waals surface area contributed by atoms with Gasteiger partial charge in [0.05, 0.1) is 5.92 Å². The number of carbonyl (C=O) groups is 1. The Morgan fingerprint density at radius 3 is 2.05 bits per heavy atom. The van der Waals surface area contributed by atoms with Gasteiger partial charge in [-0.15, -0.1) is 0 Å². The smallest absolute Gasteiger partial charge is 0.227 e. The SMILES string of the molecule is Cc1ccc(CCNC(=O)[C](C(C)C)C(C)C)cc1. The Morgan fingerprint density at radius 2 is 1.58 bits per heavy atom. The minimum Gasteiger partial charge on any atom is -0.355 e. The van der Waals surface area contributed by atoms with E-state index in [0.717, 1.165) is 12.3 Å². The van der Waals surface area contributed by atoms with Crippen molar-refractivity contribution in [1.82, 2.24) is 5.32 Å². The van der Waals surface area contributed by atoms with E-state index in [2.05, 4.69) is 64.2 Å². The van der Waals surface area contributed by atoms with Gasteiger partial charge in [-0.3, -0.25) is 4.79 Å². The molecule has 0 heterocycles. The van der Waals surface area contributed by atoms with E-state index >= 15 is 0 Å². The number of hydrogen-bond donors (Lipinski definition) is 1. The van der Waals surface area contributed by atoms with E-state index in [1.54, 1.807) is 0 Å². The predicted octanol–water partition coefficient (Wildman–Crippen LogP) is 3.54. The van der Waals surface area contributed by atoms with Crippen molar-refractivity contribution in [3.63, 3.8) is 0 Å². The number of rotatable bonds is 6. The lowest BCUT2D eigenvalue weighted by Gasteiger charge is -2.22. The molecule has 0 saturated carbocycles. The second-order valence-electron chi connectivity index (χ2n) is 5.76. The fourth-order valence-electron chi connectivity index (χ4n) is 2.37. The molecular weight excluding hydrogens is 234 g/mol. The highest BCUT2D eigenvalue weighted by Gasteiger charge is 2.25. The van der Waals surface area contributed by atoms with Crippen LogP contribution in [0.5, 0.6) is 0 Å². The Labute approximate surface area is 117 Å². The summed E-state index contributed by atoms with van der Waals surface area (Å²) >= 11 is 0. The number of aryl methyl sites for hydroxylation is 1. The van der Waals surface area contributed by atoms with Crippen molar-refractivity contribution in [3.8, 4) is 0 Å². The summed E-state index contributed by atoms with van der Waals surface area (Å²) in [4.78, 5) is 12.1. The molecule has 1 N–H and O–H groups in total. The Kier molecular flexibility index (Phi) is 6.07. The van der Waals surface area contributed by atoms with E-state index < -0.39 is 0 Å². The van der Waals surface area contributed by atoms with E-state index in [9.17, 15) is 4.79 Å². The average Bonchev–Trinajstić information content (AvgIpc) is 2.30. The number of hydrogen-bond acceptors (Lipinski definition) is 1. The molecule has 2 heteroatoms. The Hall–Kier alpha value is -1.31. The van der Waals surface area contributed by atoms with Crippen LogP contribution in [-0.4, -0.2) is 12.5 Å². The van der Waals surface area contributed by atoms with Crippen LogP contribution in [0.4, 0.5) is 0 Å². The summed E-state index contributed by atoms with van der Waals surface area (Å²) in [6, 6.07) is 8.46. The Morgan fingerprint density at radius 1 is 1.05 bits per heavy atom. The summed E-state index contributed by atoms with van der Waals surface area (Å²) in [6.07, 6.45) is 0.884. The third kappa shape index (κ3) is 5.06. The second-order valence-corrected chi connectivity index (χ2v) is 5.76. The van der Waals surface area contributed by atoms with Crippen LogP contribution < -0.4 is 5.32 Å². The first-order valence-corrected chi connectivity index (χ1v) is 7.12. The van der Waals surface area contributed by atoms with Gasteiger partial charge in [0, 0.05) is 6.54 Å². The normalized spacial score (nSPS) is 11.4. The topological polar surface area (TPSA) is 29.1 Å². The molecule has 0 aliphatic heterocycles. The van der Waals surface area contributed by atoms with Gasteiger partial charge in [-0.25, -0.2) is 0 Å². The lowest BCUT2D eigenvalue weighted by molar-refractivity contribution is -0.120. The number of nitrogens with one attached hydrogen (secondary N) is 1.